The van der Waals surface area contributed by atoms with Gasteiger partial charge in [-0.15, -0.1) is 0 Å². The Balaban J connectivity index is 2.06. The molecule has 1 fully saturated rings. The zero-order valence-corrected chi connectivity index (χ0v) is 12.4. The van der Waals surface area contributed by atoms with Gasteiger partial charge in [-0.2, -0.15) is 0 Å². The quantitative estimate of drug-likeness (QED) is 0.762. The molecule has 0 spiro atoms. The van der Waals surface area contributed by atoms with E-state index in [4.69, 9.17) is 0 Å². The summed E-state index contributed by atoms with van der Waals surface area (Å²) in [6.45, 7) is 1.69. The van der Waals surface area contributed by atoms with Crippen LogP contribution in [0, 0.1) is 0 Å². The third kappa shape index (κ3) is 1.87. The highest BCUT2D eigenvalue weighted by Gasteiger charge is 2.29. The molecule has 6 nitrogen and oxygen atoms in total. The van der Waals surface area contributed by atoms with Crippen LogP contribution >= 0.6 is 0 Å². The number of H-pyrrole nitrogens is 1. The van der Waals surface area contributed by atoms with Crippen LogP contribution < -0.4 is 0 Å². The van der Waals surface area contributed by atoms with Crippen LogP contribution in [0.3, 0.4) is 0 Å². The van der Waals surface area contributed by atoms with E-state index in [0.29, 0.717) is 12.2 Å². The molecule has 4 rings (SSSR count). The number of nitrogens with zero attached hydrogens (tertiary/aromatic N) is 3. The van der Waals surface area contributed by atoms with Gasteiger partial charge in [-0.3, -0.25) is 4.79 Å². The van der Waals surface area contributed by atoms with Gasteiger partial charge in [-0.1, -0.05) is 6.42 Å². The molecule has 1 aliphatic carbocycles. The first-order valence-electron chi connectivity index (χ1n) is 7.71. The van der Waals surface area contributed by atoms with E-state index in [9.17, 15) is 9.90 Å². The lowest BCUT2D eigenvalue weighted by atomic mass is 9.93. The number of aromatic nitrogens is 4. The van der Waals surface area contributed by atoms with Crippen LogP contribution in [0.25, 0.3) is 22.1 Å². The average molecular weight is 298 g/mol. The van der Waals surface area contributed by atoms with E-state index in [1.807, 2.05) is 16.8 Å². The van der Waals surface area contributed by atoms with Gasteiger partial charge in [0.05, 0.1) is 17.8 Å². The van der Waals surface area contributed by atoms with Gasteiger partial charge in [0.2, 0.25) is 0 Å². The Labute approximate surface area is 127 Å². The Morgan fingerprint density at radius 3 is 3.09 bits per heavy atom. The lowest BCUT2D eigenvalue weighted by Gasteiger charge is -2.25. The molecule has 1 saturated carbocycles. The molecular weight excluding hydrogens is 280 g/mol. The van der Waals surface area contributed by atoms with E-state index < -0.39 is 6.10 Å². The van der Waals surface area contributed by atoms with Gasteiger partial charge in [-0.05, 0) is 25.8 Å². The third-order valence-corrected chi connectivity index (χ3v) is 4.47. The van der Waals surface area contributed by atoms with Crippen molar-refractivity contribution >= 4 is 27.9 Å². The predicted octanol–water partition coefficient (Wildman–Crippen LogP) is 2.65. The maximum absolute atomic E-state index is 12.4. The molecule has 2 N–H and O–H groups in total. The number of carbonyl (C=O) groups is 1. The van der Waals surface area contributed by atoms with Crippen molar-refractivity contribution in [3.05, 3.63) is 24.3 Å². The number of nitrogens with one attached hydrogen (secondary N) is 1. The number of rotatable bonds is 2. The SMILES string of the molecule is C[C@@H](O)c1nc2cnc3[nH]ccc3c2n1C1CCCCC1=O. The van der Waals surface area contributed by atoms with Gasteiger partial charge < -0.3 is 14.7 Å². The van der Waals surface area contributed by atoms with E-state index in [-0.39, 0.29) is 11.8 Å². The van der Waals surface area contributed by atoms with Crippen LogP contribution in [0.5, 0.6) is 0 Å². The normalized spacial score (nSPS) is 20.8. The zero-order chi connectivity index (χ0) is 15.3. The summed E-state index contributed by atoms with van der Waals surface area (Å²) in [6.07, 6.45) is 6.19. The number of hydrogen-bond acceptors (Lipinski definition) is 4. The molecule has 0 radical (unpaired) electrons. The molecule has 0 bridgehead atoms. The molecule has 2 atom stereocenters. The number of ketones is 1. The molecule has 0 aliphatic heterocycles. The van der Waals surface area contributed by atoms with Gasteiger partial charge in [0, 0.05) is 18.0 Å². The molecule has 1 aliphatic rings. The number of aromatic amines is 1. The van der Waals surface area contributed by atoms with Gasteiger partial charge >= 0.3 is 0 Å². The Kier molecular flexibility index (Phi) is 3.00. The summed E-state index contributed by atoms with van der Waals surface area (Å²) < 4.78 is 1.94. The monoisotopic (exact) mass is 298 g/mol. The molecule has 6 heteroatoms. The van der Waals surface area contributed by atoms with Gasteiger partial charge in [0.1, 0.15) is 23.1 Å². The van der Waals surface area contributed by atoms with Crippen molar-refractivity contribution in [1.29, 1.82) is 0 Å². The van der Waals surface area contributed by atoms with E-state index in [1.54, 1.807) is 13.1 Å². The minimum Gasteiger partial charge on any atom is -0.385 e. The van der Waals surface area contributed by atoms with Crippen molar-refractivity contribution in [3.63, 3.8) is 0 Å². The van der Waals surface area contributed by atoms with Crippen molar-refractivity contribution in [2.45, 2.75) is 44.8 Å². The second kappa shape index (κ2) is 4.91. The highest BCUT2D eigenvalue weighted by atomic mass is 16.3. The molecule has 114 valence electrons. The fourth-order valence-corrected chi connectivity index (χ4v) is 3.46. The van der Waals surface area contributed by atoms with Crippen molar-refractivity contribution in [2.75, 3.05) is 0 Å². The number of fused-ring (bicyclic) bond motifs is 3. The minimum absolute atomic E-state index is 0.230. The summed E-state index contributed by atoms with van der Waals surface area (Å²) in [5.41, 5.74) is 2.39. The number of imidazole rings is 1. The second-order valence-electron chi connectivity index (χ2n) is 5.98. The summed E-state index contributed by atoms with van der Waals surface area (Å²) in [4.78, 5) is 24.4. The molecule has 3 aromatic rings. The molecule has 0 amide bonds. The number of pyridine rings is 1. The minimum atomic E-state index is -0.726. The van der Waals surface area contributed by atoms with Gasteiger partial charge in [0.15, 0.2) is 5.78 Å². The van der Waals surface area contributed by atoms with Crippen molar-refractivity contribution in [1.82, 2.24) is 19.5 Å². The van der Waals surface area contributed by atoms with Crippen molar-refractivity contribution < 1.29 is 9.90 Å². The van der Waals surface area contributed by atoms with Crippen LogP contribution in [0.2, 0.25) is 0 Å². The first-order chi connectivity index (χ1) is 10.7. The first-order valence-corrected chi connectivity index (χ1v) is 7.71. The third-order valence-electron chi connectivity index (χ3n) is 4.47. The van der Waals surface area contributed by atoms with E-state index in [0.717, 1.165) is 41.3 Å². The molecule has 22 heavy (non-hydrogen) atoms. The van der Waals surface area contributed by atoms with Crippen LogP contribution in [0.4, 0.5) is 0 Å². The molecular formula is C16H18N4O2. The topological polar surface area (TPSA) is 83.8 Å². The van der Waals surface area contributed by atoms with Crippen LogP contribution in [-0.4, -0.2) is 30.4 Å². The second-order valence-corrected chi connectivity index (χ2v) is 5.98. The van der Waals surface area contributed by atoms with Gasteiger partial charge in [0.25, 0.3) is 0 Å². The summed E-state index contributed by atoms with van der Waals surface area (Å²) in [5, 5.41) is 11.1. The van der Waals surface area contributed by atoms with E-state index in [2.05, 4.69) is 15.0 Å². The lowest BCUT2D eigenvalue weighted by Crippen LogP contribution is -2.25. The summed E-state index contributed by atoms with van der Waals surface area (Å²) in [7, 11) is 0. The summed E-state index contributed by atoms with van der Waals surface area (Å²) >= 11 is 0. The molecule has 0 aromatic carbocycles. The molecule has 0 saturated heterocycles. The zero-order valence-electron chi connectivity index (χ0n) is 12.4. The highest BCUT2D eigenvalue weighted by Crippen LogP contribution is 2.34. The highest BCUT2D eigenvalue weighted by molar-refractivity contribution is 6.02. The van der Waals surface area contributed by atoms with Crippen molar-refractivity contribution in [3.8, 4) is 0 Å². The summed E-state index contributed by atoms with van der Waals surface area (Å²) in [5.74, 6) is 0.777. The smallest absolute Gasteiger partial charge is 0.155 e. The van der Waals surface area contributed by atoms with Crippen LogP contribution in [0.1, 0.15) is 50.6 Å². The number of hydrogen-bond donors (Lipinski definition) is 2. The van der Waals surface area contributed by atoms with E-state index in [1.165, 1.54) is 0 Å². The standard InChI is InChI=1S/C16H18N4O2/c1-9(21)16-19-11-8-18-15-10(6-7-17-15)14(11)20(16)12-4-2-3-5-13(12)22/h6-9,12,21H,2-5H2,1H3,(H,17,18)/t9-,12?/m1/s1. The summed E-state index contributed by atoms with van der Waals surface area (Å²) in [6, 6.07) is 1.71. The fraction of sp³-hybridized carbons (Fsp3) is 0.438. The Hall–Kier alpha value is -2.21. The number of carbonyl (C=O) groups excluding carboxylic acids is 1. The van der Waals surface area contributed by atoms with E-state index >= 15 is 0 Å². The number of Topliss-reactive ketones (excluding diaryl/α,β-unsaturated/α-hetero) is 1. The molecule has 1 unspecified atom stereocenters. The Morgan fingerprint density at radius 2 is 2.32 bits per heavy atom. The van der Waals surface area contributed by atoms with Crippen LogP contribution in [-0.2, 0) is 4.79 Å². The predicted molar refractivity (Wildman–Crippen MR) is 82.5 cm³/mol. The maximum atomic E-state index is 12.4. The Morgan fingerprint density at radius 1 is 1.45 bits per heavy atom. The maximum Gasteiger partial charge on any atom is 0.155 e. The lowest BCUT2D eigenvalue weighted by molar-refractivity contribution is -0.123. The van der Waals surface area contributed by atoms with Crippen LogP contribution in [0.15, 0.2) is 18.5 Å². The Bertz CT molecular complexity index is 862. The number of aliphatic hydroxyl groups is 1. The number of aliphatic hydroxyl groups excluding tert-OH is 1. The molecule has 3 heterocycles. The van der Waals surface area contributed by atoms with Gasteiger partial charge in [-0.25, -0.2) is 9.97 Å². The first kappa shape index (κ1) is 13.5. The van der Waals surface area contributed by atoms with Crippen molar-refractivity contribution in [2.24, 2.45) is 0 Å². The average Bonchev–Trinajstić information content (AvgIpc) is 3.11. The fourth-order valence-electron chi connectivity index (χ4n) is 3.46. The molecule has 3 aromatic heterocycles. The largest absolute Gasteiger partial charge is 0.385 e.